The van der Waals surface area contributed by atoms with Crippen LogP contribution in [0.4, 0.5) is 5.82 Å². The van der Waals surface area contributed by atoms with E-state index in [2.05, 4.69) is 28.7 Å². The van der Waals surface area contributed by atoms with E-state index >= 15 is 0 Å². The first-order valence-corrected chi connectivity index (χ1v) is 7.23. The van der Waals surface area contributed by atoms with Crippen molar-refractivity contribution in [1.29, 1.82) is 0 Å². The van der Waals surface area contributed by atoms with Crippen LogP contribution in [0.1, 0.15) is 41.5 Å². The second kappa shape index (κ2) is 5.33. The highest BCUT2D eigenvalue weighted by molar-refractivity contribution is 6.61. The third-order valence-corrected chi connectivity index (χ3v) is 4.22. The zero-order chi connectivity index (χ0) is 15.0. The Morgan fingerprint density at radius 3 is 2.10 bits per heavy atom. The number of aromatic nitrogens is 2. The summed E-state index contributed by atoms with van der Waals surface area (Å²) in [5.74, 6) is 0.863. The van der Waals surface area contributed by atoms with Crippen LogP contribution >= 0.6 is 0 Å². The van der Waals surface area contributed by atoms with E-state index in [0.29, 0.717) is 0 Å². The average molecular weight is 277 g/mol. The monoisotopic (exact) mass is 277 g/mol. The molecule has 2 rings (SSSR count). The predicted molar refractivity (Wildman–Crippen MR) is 81.3 cm³/mol. The topological polar surface area (TPSA) is 47.5 Å². The van der Waals surface area contributed by atoms with Crippen LogP contribution < -0.4 is 10.5 Å². The van der Waals surface area contributed by atoms with Crippen molar-refractivity contribution in [3.05, 3.63) is 12.4 Å². The second-order valence-electron chi connectivity index (χ2n) is 6.06. The molecule has 1 aromatic rings. The summed E-state index contributed by atoms with van der Waals surface area (Å²) in [6.07, 6.45) is 3.50. The van der Waals surface area contributed by atoms with Gasteiger partial charge in [-0.2, -0.15) is 0 Å². The Labute approximate surface area is 121 Å². The van der Waals surface area contributed by atoms with Crippen molar-refractivity contribution in [2.75, 3.05) is 18.0 Å². The van der Waals surface area contributed by atoms with Crippen LogP contribution in [0.3, 0.4) is 0 Å². The molecule has 0 atom stereocenters. The molecule has 5 nitrogen and oxygen atoms in total. The summed E-state index contributed by atoms with van der Waals surface area (Å²) in [6, 6.07) is 0. The SMILES string of the molecule is CCN(CC)c1cncc(B2OC(C)(C)C(C)(C)O2)n1. The normalized spacial score (nSPS) is 20.2. The lowest BCUT2D eigenvalue weighted by molar-refractivity contribution is 0.00578. The Balaban J connectivity index is 2.25. The fourth-order valence-electron chi connectivity index (χ4n) is 2.15. The summed E-state index contributed by atoms with van der Waals surface area (Å²) in [6.45, 7) is 14.2. The highest BCUT2D eigenvalue weighted by Crippen LogP contribution is 2.36. The van der Waals surface area contributed by atoms with E-state index in [4.69, 9.17) is 9.31 Å². The molecule has 1 aliphatic rings. The van der Waals surface area contributed by atoms with Gasteiger partial charge in [-0.25, -0.2) is 4.98 Å². The minimum Gasteiger partial charge on any atom is -0.398 e. The molecule has 0 saturated carbocycles. The Morgan fingerprint density at radius 1 is 1.05 bits per heavy atom. The van der Waals surface area contributed by atoms with Gasteiger partial charge in [0.25, 0.3) is 0 Å². The summed E-state index contributed by atoms with van der Waals surface area (Å²) in [4.78, 5) is 11.1. The van der Waals surface area contributed by atoms with E-state index in [0.717, 1.165) is 24.5 Å². The minimum absolute atomic E-state index is 0.357. The van der Waals surface area contributed by atoms with Crippen LogP contribution in [0.2, 0.25) is 0 Å². The average Bonchev–Trinajstić information content (AvgIpc) is 2.60. The third kappa shape index (κ3) is 2.67. The van der Waals surface area contributed by atoms with E-state index < -0.39 is 7.12 Å². The third-order valence-electron chi connectivity index (χ3n) is 4.22. The fraction of sp³-hybridized carbons (Fsp3) is 0.714. The number of rotatable bonds is 4. The maximum Gasteiger partial charge on any atom is 0.516 e. The maximum absolute atomic E-state index is 6.01. The second-order valence-corrected chi connectivity index (χ2v) is 6.06. The van der Waals surface area contributed by atoms with Crippen molar-refractivity contribution >= 4 is 18.5 Å². The van der Waals surface area contributed by atoms with Gasteiger partial charge in [0.15, 0.2) is 0 Å². The molecule has 0 aromatic carbocycles. The summed E-state index contributed by atoms with van der Waals surface area (Å²) >= 11 is 0. The van der Waals surface area contributed by atoms with Gasteiger partial charge in [-0.3, -0.25) is 4.98 Å². The molecule has 0 radical (unpaired) electrons. The summed E-state index contributed by atoms with van der Waals surface area (Å²) in [5, 5.41) is 0. The van der Waals surface area contributed by atoms with Crippen LogP contribution in [-0.2, 0) is 9.31 Å². The molecule has 20 heavy (non-hydrogen) atoms. The lowest BCUT2D eigenvalue weighted by Crippen LogP contribution is -2.41. The first kappa shape index (κ1) is 15.3. The molecular weight excluding hydrogens is 253 g/mol. The van der Waals surface area contributed by atoms with E-state index in [9.17, 15) is 0 Å². The van der Waals surface area contributed by atoms with E-state index in [1.165, 1.54) is 0 Å². The van der Waals surface area contributed by atoms with Crippen LogP contribution in [-0.4, -0.2) is 41.4 Å². The van der Waals surface area contributed by atoms with Gasteiger partial charge in [0, 0.05) is 19.3 Å². The number of anilines is 1. The van der Waals surface area contributed by atoms with Gasteiger partial charge in [0.05, 0.1) is 23.0 Å². The van der Waals surface area contributed by atoms with Gasteiger partial charge >= 0.3 is 7.12 Å². The molecular formula is C14H24BN3O2. The van der Waals surface area contributed by atoms with E-state index in [1.54, 1.807) is 12.4 Å². The molecule has 1 aromatic heterocycles. The molecule has 0 unspecified atom stereocenters. The van der Waals surface area contributed by atoms with Crippen LogP contribution in [0.25, 0.3) is 0 Å². The highest BCUT2D eigenvalue weighted by atomic mass is 16.7. The first-order valence-electron chi connectivity index (χ1n) is 7.23. The molecule has 1 aliphatic heterocycles. The number of hydrogen-bond donors (Lipinski definition) is 0. The van der Waals surface area contributed by atoms with Gasteiger partial charge in [-0.1, -0.05) is 0 Å². The minimum atomic E-state index is -0.456. The molecule has 6 heteroatoms. The van der Waals surface area contributed by atoms with Gasteiger partial charge in [-0.05, 0) is 41.5 Å². The van der Waals surface area contributed by atoms with Gasteiger partial charge in [0.1, 0.15) is 5.82 Å². The van der Waals surface area contributed by atoms with E-state index in [-0.39, 0.29) is 11.2 Å². The summed E-state index contributed by atoms with van der Waals surface area (Å²) in [5.41, 5.74) is 0.0165. The van der Waals surface area contributed by atoms with E-state index in [1.807, 2.05) is 27.7 Å². The van der Waals surface area contributed by atoms with Crippen molar-refractivity contribution in [3.63, 3.8) is 0 Å². The van der Waals surface area contributed by atoms with Crippen molar-refractivity contribution in [1.82, 2.24) is 9.97 Å². The standard InChI is InChI=1S/C14H24BN3O2/c1-7-18(8-2)12-10-16-9-11(17-12)15-19-13(3,4)14(5,6)20-15/h9-10H,7-8H2,1-6H3. The van der Waals surface area contributed by atoms with Crippen LogP contribution in [0.5, 0.6) is 0 Å². The summed E-state index contributed by atoms with van der Waals surface area (Å²) in [7, 11) is -0.456. The quantitative estimate of drug-likeness (QED) is 0.783. The largest absolute Gasteiger partial charge is 0.516 e. The van der Waals surface area contributed by atoms with Gasteiger partial charge < -0.3 is 14.2 Å². The molecule has 0 spiro atoms. The highest BCUT2D eigenvalue weighted by Gasteiger charge is 2.52. The van der Waals surface area contributed by atoms with Crippen molar-refractivity contribution < 1.29 is 9.31 Å². The van der Waals surface area contributed by atoms with Gasteiger partial charge in [0.2, 0.25) is 0 Å². The molecule has 2 heterocycles. The van der Waals surface area contributed by atoms with Gasteiger partial charge in [-0.15, -0.1) is 0 Å². The first-order chi connectivity index (χ1) is 9.30. The van der Waals surface area contributed by atoms with Crippen molar-refractivity contribution in [3.8, 4) is 0 Å². The molecule has 0 aliphatic carbocycles. The Bertz CT molecular complexity index is 459. The fourth-order valence-corrected chi connectivity index (χ4v) is 2.15. The van der Waals surface area contributed by atoms with Crippen LogP contribution in [0.15, 0.2) is 12.4 Å². The predicted octanol–water partition coefficient (Wildman–Crippen LogP) is 1.62. The van der Waals surface area contributed by atoms with Crippen molar-refractivity contribution in [2.24, 2.45) is 0 Å². The lowest BCUT2D eigenvalue weighted by atomic mass is 9.85. The van der Waals surface area contributed by atoms with Crippen LogP contribution in [0, 0.1) is 0 Å². The molecule has 1 saturated heterocycles. The van der Waals surface area contributed by atoms with Crippen molar-refractivity contribution in [2.45, 2.75) is 52.7 Å². The smallest absolute Gasteiger partial charge is 0.398 e. The number of nitrogens with zero attached hydrogens (tertiary/aromatic N) is 3. The maximum atomic E-state index is 6.01. The summed E-state index contributed by atoms with van der Waals surface area (Å²) < 4.78 is 12.0. The molecule has 110 valence electrons. The zero-order valence-electron chi connectivity index (χ0n) is 13.3. The molecule has 0 amide bonds. The Kier molecular flexibility index (Phi) is 4.07. The Hall–Kier alpha value is -1.14. The molecule has 0 bridgehead atoms. The zero-order valence-corrected chi connectivity index (χ0v) is 13.3. The Morgan fingerprint density at radius 2 is 1.60 bits per heavy atom. The number of hydrogen-bond acceptors (Lipinski definition) is 5. The lowest BCUT2D eigenvalue weighted by Gasteiger charge is -2.32. The molecule has 0 N–H and O–H groups in total. The molecule has 1 fully saturated rings.